The second-order valence-corrected chi connectivity index (χ2v) is 12.9. The Morgan fingerprint density at radius 3 is 1.66 bits per heavy atom. The van der Waals surface area contributed by atoms with E-state index >= 15 is 0 Å². The van der Waals surface area contributed by atoms with Crippen molar-refractivity contribution in [3.8, 4) is 22.3 Å². The lowest BCUT2D eigenvalue weighted by molar-refractivity contribution is 0.670. The van der Waals surface area contributed by atoms with E-state index in [1.165, 1.54) is 43.4 Å². The second kappa shape index (κ2) is 11.5. The van der Waals surface area contributed by atoms with Gasteiger partial charge in [-0.2, -0.15) is 0 Å². The minimum absolute atomic E-state index is 0.913. The summed E-state index contributed by atoms with van der Waals surface area (Å²) >= 11 is 0. The van der Waals surface area contributed by atoms with Crippen molar-refractivity contribution in [3.63, 3.8) is 0 Å². The summed E-state index contributed by atoms with van der Waals surface area (Å²) in [6, 6.07) is 67.4. The molecule has 0 aliphatic carbocycles. The van der Waals surface area contributed by atoms with Crippen molar-refractivity contribution in [1.29, 1.82) is 0 Å². The Labute approximate surface area is 290 Å². The number of nitrogens with zero attached hydrogens (tertiary/aromatic N) is 1. The summed E-state index contributed by atoms with van der Waals surface area (Å²) in [4.78, 5) is 2.31. The van der Waals surface area contributed by atoms with Gasteiger partial charge in [-0.3, -0.25) is 0 Å². The largest absolute Gasteiger partial charge is 0.455 e. The van der Waals surface area contributed by atoms with Crippen molar-refractivity contribution in [2.45, 2.75) is 0 Å². The van der Waals surface area contributed by atoms with Crippen molar-refractivity contribution < 1.29 is 4.42 Å². The van der Waals surface area contributed by atoms with Crippen molar-refractivity contribution >= 4 is 71.3 Å². The highest BCUT2D eigenvalue weighted by Gasteiger charge is 2.15. The SMILES string of the molecule is c1ccc(N(c2ccc(-c3ccc4c(ccc5c6ccccc6ccc45)c3)cc2)c2ccc(-c3cccc4c3oc3ccccc34)cc2)cc1. The molecule has 0 saturated carbocycles. The summed E-state index contributed by atoms with van der Waals surface area (Å²) in [7, 11) is 0. The first-order chi connectivity index (χ1) is 24.8. The molecule has 0 bridgehead atoms. The summed E-state index contributed by atoms with van der Waals surface area (Å²) in [5.74, 6) is 0. The van der Waals surface area contributed by atoms with Crippen LogP contribution in [-0.4, -0.2) is 0 Å². The van der Waals surface area contributed by atoms with Crippen LogP contribution in [0.5, 0.6) is 0 Å². The number of anilines is 3. The number of furan rings is 1. The third-order valence-electron chi connectivity index (χ3n) is 10.1. The molecule has 0 N–H and O–H groups in total. The molecule has 2 nitrogen and oxygen atoms in total. The van der Waals surface area contributed by atoms with Gasteiger partial charge in [0.25, 0.3) is 0 Å². The van der Waals surface area contributed by atoms with Gasteiger partial charge in [-0.05, 0) is 97.5 Å². The van der Waals surface area contributed by atoms with Crippen LogP contribution in [-0.2, 0) is 0 Å². The maximum Gasteiger partial charge on any atom is 0.143 e. The smallest absolute Gasteiger partial charge is 0.143 e. The van der Waals surface area contributed by atoms with E-state index in [1.54, 1.807) is 0 Å². The Morgan fingerprint density at radius 2 is 0.880 bits per heavy atom. The predicted molar refractivity (Wildman–Crippen MR) is 212 cm³/mol. The van der Waals surface area contributed by atoms with Gasteiger partial charge in [0, 0.05) is 33.4 Å². The second-order valence-electron chi connectivity index (χ2n) is 12.9. The number of fused-ring (bicyclic) bond motifs is 8. The van der Waals surface area contributed by atoms with E-state index in [1.807, 2.05) is 12.1 Å². The molecule has 0 fully saturated rings. The molecule has 0 radical (unpaired) electrons. The summed E-state index contributed by atoms with van der Waals surface area (Å²) < 4.78 is 6.35. The first kappa shape index (κ1) is 28.4. The minimum Gasteiger partial charge on any atom is -0.455 e. The van der Waals surface area contributed by atoms with E-state index in [2.05, 4.69) is 181 Å². The molecular weight excluding hydrogens is 607 g/mol. The van der Waals surface area contributed by atoms with Crippen molar-refractivity contribution in [1.82, 2.24) is 0 Å². The van der Waals surface area contributed by atoms with Crippen LogP contribution in [0.25, 0.3) is 76.5 Å². The predicted octanol–water partition coefficient (Wildman–Crippen LogP) is 13.8. The number of hydrogen-bond acceptors (Lipinski definition) is 2. The van der Waals surface area contributed by atoms with E-state index in [-0.39, 0.29) is 0 Å². The molecule has 2 heteroatoms. The standard InChI is InChI=1S/C48H31NO/c1-2-10-37(11-3-1)49(39-26-19-34(20-27-39)42-14-8-15-46-45-13-6-7-16-47(45)50-48(42)46)38-24-17-32(18-25-38)35-22-28-41-36(31-35)23-30-43-40-12-5-4-9-33(40)21-29-44(41)43/h1-31H. The summed E-state index contributed by atoms with van der Waals surface area (Å²) in [5.41, 5.74) is 9.76. The van der Waals surface area contributed by atoms with Crippen molar-refractivity contribution in [2.24, 2.45) is 0 Å². The highest BCUT2D eigenvalue weighted by molar-refractivity contribution is 6.17. The number of para-hydroxylation sites is 3. The monoisotopic (exact) mass is 637 g/mol. The van der Waals surface area contributed by atoms with E-state index in [0.29, 0.717) is 0 Å². The Morgan fingerprint density at radius 1 is 0.320 bits per heavy atom. The van der Waals surface area contributed by atoms with Gasteiger partial charge in [-0.15, -0.1) is 0 Å². The Balaban J connectivity index is 1.00. The molecule has 50 heavy (non-hydrogen) atoms. The molecule has 9 aromatic carbocycles. The van der Waals surface area contributed by atoms with E-state index in [0.717, 1.165) is 50.1 Å². The van der Waals surface area contributed by atoms with Crippen LogP contribution in [0.2, 0.25) is 0 Å². The lowest BCUT2D eigenvalue weighted by Crippen LogP contribution is -2.09. The van der Waals surface area contributed by atoms with Crippen molar-refractivity contribution in [3.05, 3.63) is 188 Å². The first-order valence-corrected chi connectivity index (χ1v) is 17.1. The van der Waals surface area contributed by atoms with Gasteiger partial charge in [-0.25, -0.2) is 0 Å². The summed E-state index contributed by atoms with van der Waals surface area (Å²) in [5, 5.41) is 9.98. The molecule has 234 valence electrons. The van der Waals surface area contributed by atoms with Gasteiger partial charge in [0.15, 0.2) is 0 Å². The molecule has 0 aliphatic heterocycles. The van der Waals surface area contributed by atoms with Crippen LogP contribution in [0, 0.1) is 0 Å². The van der Waals surface area contributed by atoms with Gasteiger partial charge in [0.2, 0.25) is 0 Å². The van der Waals surface area contributed by atoms with E-state index in [4.69, 9.17) is 4.42 Å². The molecular formula is C48H31NO. The van der Waals surface area contributed by atoms with Crippen molar-refractivity contribution in [2.75, 3.05) is 4.90 Å². The molecule has 0 saturated heterocycles. The van der Waals surface area contributed by atoms with Gasteiger partial charge < -0.3 is 9.32 Å². The topological polar surface area (TPSA) is 16.4 Å². The van der Waals surface area contributed by atoms with Crippen LogP contribution in [0.3, 0.4) is 0 Å². The van der Waals surface area contributed by atoms with E-state index < -0.39 is 0 Å². The zero-order valence-corrected chi connectivity index (χ0v) is 27.3. The molecule has 0 aliphatic rings. The minimum atomic E-state index is 0.913. The normalized spacial score (nSPS) is 11.6. The average molecular weight is 638 g/mol. The van der Waals surface area contributed by atoms with Crippen LogP contribution < -0.4 is 4.90 Å². The number of rotatable bonds is 5. The van der Waals surface area contributed by atoms with Crippen LogP contribution in [0.15, 0.2) is 192 Å². The Kier molecular flexibility index (Phi) is 6.53. The fourth-order valence-corrected chi connectivity index (χ4v) is 7.60. The van der Waals surface area contributed by atoms with Crippen LogP contribution in [0.1, 0.15) is 0 Å². The third-order valence-corrected chi connectivity index (χ3v) is 10.1. The zero-order chi connectivity index (χ0) is 33.0. The number of benzene rings is 9. The highest BCUT2D eigenvalue weighted by atomic mass is 16.3. The zero-order valence-electron chi connectivity index (χ0n) is 27.3. The molecule has 1 heterocycles. The molecule has 1 aromatic heterocycles. The fraction of sp³-hybridized carbons (Fsp3) is 0. The molecule has 0 spiro atoms. The van der Waals surface area contributed by atoms with Gasteiger partial charge in [-0.1, -0.05) is 140 Å². The molecule has 0 amide bonds. The Bertz CT molecular complexity index is 2850. The lowest BCUT2D eigenvalue weighted by Gasteiger charge is -2.26. The fourth-order valence-electron chi connectivity index (χ4n) is 7.60. The molecule has 10 rings (SSSR count). The van der Waals surface area contributed by atoms with Crippen LogP contribution >= 0.6 is 0 Å². The summed E-state index contributed by atoms with van der Waals surface area (Å²) in [6.45, 7) is 0. The first-order valence-electron chi connectivity index (χ1n) is 17.1. The van der Waals surface area contributed by atoms with Crippen LogP contribution in [0.4, 0.5) is 17.1 Å². The quantitative estimate of drug-likeness (QED) is 0.175. The van der Waals surface area contributed by atoms with Gasteiger partial charge >= 0.3 is 0 Å². The number of hydrogen-bond donors (Lipinski definition) is 0. The third kappa shape index (κ3) is 4.65. The Hall–Kier alpha value is -6.64. The molecule has 0 unspecified atom stereocenters. The molecule has 10 aromatic rings. The maximum absolute atomic E-state index is 6.35. The van der Waals surface area contributed by atoms with Gasteiger partial charge in [0.1, 0.15) is 11.2 Å². The van der Waals surface area contributed by atoms with E-state index in [9.17, 15) is 0 Å². The van der Waals surface area contributed by atoms with Gasteiger partial charge in [0.05, 0.1) is 0 Å². The summed E-state index contributed by atoms with van der Waals surface area (Å²) in [6.07, 6.45) is 0. The maximum atomic E-state index is 6.35. The average Bonchev–Trinajstić information content (AvgIpc) is 3.58. The lowest BCUT2D eigenvalue weighted by atomic mass is 9.95. The highest BCUT2D eigenvalue weighted by Crippen LogP contribution is 2.40. The molecule has 0 atom stereocenters.